The summed E-state index contributed by atoms with van der Waals surface area (Å²) in [4.78, 5) is 24.2. The third-order valence-corrected chi connectivity index (χ3v) is 8.60. The highest BCUT2D eigenvalue weighted by atomic mass is 16.6. The molecule has 5 nitrogen and oxygen atoms in total. The van der Waals surface area contributed by atoms with Gasteiger partial charge in [0.2, 0.25) is 0 Å². The topological polar surface area (TPSA) is 72.8 Å². The average Bonchev–Trinajstić information content (AvgIpc) is 3.09. The van der Waals surface area contributed by atoms with Gasteiger partial charge in [0.1, 0.15) is 6.61 Å². The molecule has 1 N–H and O–H groups in total. The third-order valence-electron chi connectivity index (χ3n) is 8.60. The molecule has 0 saturated heterocycles. The molecule has 0 aromatic heterocycles. The van der Waals surface area contributed by atoms with Crippen LogP contribution in [0.15, 0.2) is 48.6 Å². The van der Waals surface area contributed by atoms with E-state index in [2.05, 4.69) is 62.5 Å². The normalized spacial score (nSPS) is 12.6. The van der Waals surface area contributed by atoms with Crippen molar-refractivity contribution in [2.75, 3.05) is 13.2 Å². The van der Waals surface area contributed by atoms with Crippen LogP contribution in [0, 0.1) is 0 Å². The lowest BCUT2D eigenvalue weighted by atomic mass is 10.1. The molecule has 1 atom stereocenters. The number of hydrogen-bond acceptors (Lipinski definition) is 5. The average molecular weight is 673 g/mol. The van der Waals surface area contributed by atoms with E-state index in [1.165, 1.54) is 116 Å². The van der Waals surface area contributed by atoms with Crippen LogP contribution in [0.3, 0.4) is 0 Å². The van der Waals surface area contributed by atoms with E-state index in [1.807, 2.05) is 0 Å². The Morgan fingerprint density at radius 1 is 0.479 bits per heavy atom. The Bertz CT molecular complexity index is 812. The molecule has 0 aliphatic heterocycles. The van der Waals surface area contributed by atoms with Gasteiger partial charge in [0.25, 0.3) is 0 Å². The van der Waals surface area contributed by atoms with E-state index < -0.39 is 6.10 Å². The van der Waals surface area contributed by atoms with Crippen LogP contribution >= 0.6 is 0 Å². The molecule has 0 radical (unpaired) electrons. The minimum absolute atomic E-state index is 0.0824. The number of rotatable bonds is 36. The van der Waals surface area contributed by atoms with Gasteiger partial charge in [-0.2, -0.15) is 0 Å². The van der Waals surface area contributed by atoms with Crippen molar-refractivity contribution in [1.29, 1.82) is 0 Å². The first-order valence-corrected chi connectivity index (χ1v) is 20.2. The second kappa shape index (κ2) is 39.3. The maximum atomic E-state index is 12.1. The second-order valence-electron chi connectivity index (χ2n) is 13.4. The monoisotopic (exact) mass is 673 g/mol. The largest absolute Gasteiger partial charge is 0.462 e. The summed E-state index contributed by atoms with van der Waals surface area (Å²) in [5.74, 6) is -0.638. The van der Waals surface area contributed by atoms with Crippen LogP contribution in [-0.4, -0.2) is 36.4 Å². The van der Waals surface area contributed by atoms with Crippen LogP contribution in [0.2, 0.25) is 0 Å². The van der Waals surface area contributed by atoms with Crippen LogP contribution < -0.4 is 0 Å². The number of aliphatic hydroxyl groups is 1. The van der Waals surface area contributed by atoms with Crippen molar-refractivity contribution in [3.05, 3.63) is 48.6 Å². The molecule has 0 aliphatic rings. The molecule has 278 valence electrons. The lowest BCUT2D eigenvalue weighted by Crippen LogP contribution is -2.28. The van der Waals surface area contributed by atoms with Crippen molar-refractivity contribution in [2.45, 2.75) is 200 Å². The molecule has 0 fully saturated rings. The van der Waals surface area contributed by atoms with E-state index in [0.29, 0.717) is 12.8 Å². The van der Waals surface area contributed by atoms with Crippen LogP contribution in [0.25, 0.3) is 0 Å². The van der Waals surface area contributed by atoms with Crippen LogP contribution in [0.5, 0.6) is 0 Å². The molecule has 0 aliphatic carbocycles. The van der Waals surface area contributed by atoms with Crippen molar-refractivity contribution in [2.24, 2.45) is 0 Å². The van der Waals surface area contributed by atoms with Crippen molar-refractivity contribution in [1.82, 2.24) is 0 Å². The zero-order valence-electron chi connectivity index (χ0n) is 31.5. The standard InChI is InChI=1S/C43H76O5/c1-3-5-7-9-11-13-15-17-19-20-21-22-24-25-27-29-31-33-35-37-42(45)47-40-41(39-44)48-43(46)38-36-34-32-30-28-26-23-18-16-14-12-10-8-6-4-2/h12,14,17-19,23,28,30,41,44H,3-11,13,15-16,20-22,24-27,29,31-40H2,1-2H3/t41-/m0/s1. The van der Waals surface area contributed by atoms with Gasteiger partial charge in [-0.3, -0.25) is 9.59 Å². The van der Waals surface area contributed by atoms with Gasteiger partial charge in [-0.25, -0.2) is 0 Å². The first-order valence-electron chi connectivity index (χ1n) is 20.2. The maximum Gasteiger partial charge on any atom is 0.306 e. The van der Waals surface area contributed by atoms with E-state index >= 15 is 0 Å². The highest BCUT2D eigenvalue weighted by Gasteiger charge is 2.16. The van der Waals surface area contributed by atoms with E-state index in [-0.39, 0.29) is 25.2 Å². The Hall–Kier alpha value is -2.14. The zero-order valence-corrected chi connectivity index (χ0v) is 31.5. The molecule has 0 bridgehead atoms. The number of hydrogen-bond donors (Lipinski definition) is 1. The fourth-order valence-electron chi connectivity index (χ4n) is 5.50. The fourth-order valence-corrected chi connectivity index (χ4v) is 5.50. The Morgan fingerprint density at radius 2 is 0.833 bits per heavy atom. The maximum absolute atomic E-state index is 12.1. The van der Waals surface area contributed by atoms with Gasteiger partial charge >= 0.3 is 11.9 Å². The minimum Gasteiger partial charge on any atom is -0.462 e. The van der Waals surface area contributed by atoms with Crippen molar-refractivity contribution < 1.29 is 24.2 Å². The van der Waals surface area contributed by atoms with Crippen LogP contribution in [-0.2, 0) is 19.1 Å². The Balaban J connectivity index is 3.60. The Morgan fingerprint density at radius 3 is 1.35 bits per heavy atom. The van der Waals surface area contributed by atoms with E-state index in [1.54, 1.807) is 0 Å². The van der Waals surface area contributed by atoms with Gasteiger partial charge in [0.15, 0.2) is 6.10 Å². The molecule has 0 aromatic carbocycles. The summed E-state index contributed by atoms with van der Waals surface area (Å²) in [6.07, 6.45) is 48.9. The quantitative estimate of drug-likeness (QED) is 0.0407. The molecule has 0 aromatic rings. The van der Waals surface area contributed by atoms with Crippen molar-refractivity contribution >= 4 is 11.9 Å². The van der Waals surface area contributed by atoms with Gasteiger partial charge < -0.3 is 14.6 Å². The van der Waals surface area contributed by atoms with E-state index in [9.17, 15) is 14.7 Å². The van der Waals surface area contributed by atoms with Gasteiger partial charge in [-0.1, -0.05) is 152 Å². The highest BCUT2D eigenvalue weighted by Crippen LogP contribution is 2.13. The number of allylic oxidation sites excluding steroid dienone is 8. The number of carbonyl (C=O) groups excluding carboxylic acids is 2. The molecular weight excluding hydrogens is 596 g/mol. The molecule has 0 saturated carbocycles. The molecule has 5 heteroatoms. The fraction of sp³-hybridized carbons (Fsp3) is 0.767. The zero-order chi connectivity index (χ0) is 35.0. The number of ether oxygens (including phenoxy) is 2. The number of unbranched alkanes of at least 4 members (excludes halogenated alkanes) is 20. The van der Waals surface area contributed by atoms with Crippen LogP contribution in [0.4, 0.5) is 0 Å². The molecule has 0 unspecified atom stereocenters. The Labute approximate surface area is 297 Å². The molecule has 0 amide bonds. The lowest BCUT2D eigenvalue weighted by molar-refractivity contribution is -0.161. The number of esters is 2. The molecular formula is C43H76O5. The summed E-state index contributed by atoms with van der Waals surface area (Å²) in [7, 11) is 0. The lowest BCUT2D eigenvalue weighted by Gasteiger charge is -2.15. The van der Waals surface area contributed by atoms with E-state index in [0.717, 1.165) is 51.4 Å². The predicted molar refractivity (Wildman–Crippen MR) is 205 cm³/mol. The third kappa shape index (κ3) is 36.7. The van der Waals surface area contributed by atoms with Crippen molar-refractivity contribution in [3.63, 3.8) is 0 Å². The summed E-state index contributed by atoms with van der Waals surface area (Å²) in [5, 5.41) is 9.55. The van der Waals surface area contributed by atoms with E-state index in [4.69, 9.17) is 9.47 Å². The molecule has 48 heavy (non-hydrogen) atoms. The van der Waals surface area contributed by atoms with Gasteiger partial charge in [-0.05, 0) is 77.0 Å². The first kappa shape index (κ1) is 45.9. The summed E-state index contributed by atoms with van der Waals surface area (Å²) < 4.78 is 10.6. The SMILES string of the molecule is CCCCCC=CCC=CCC=CCCCCC(=O)O[C@@H](CO)COC(=O)CCCCCCCCCCCC=CCCCCCCCC. The summed E-state index contributed by atoms with van der Waals surface area (Å²) in [5.41, 5.74) is 0. The molecule has 0 rings (SSSR count). The second-order valence-corrected chi connectivity index (χ2v) is 13.4. The smallest absolute Gasteiger partial charge is 0.306 e. The molecule has 0 heterocycles. The number of carbonyl (C=O) groups is 2. The van der Waals surface area contributed by atoms with Crippen molar-refractivity contribution in [3.8, 4) is 0 Å². The van der Waals surface area contributed by atoms with Crippen LogP contribution in [0.1, 0.15) is 194 Å². The Kier molecular flexibility index (Phi) is 37.5. The summed E-state index contributed by atoms with van der Waals surface area (Å²) >= 11 is 0. The first-order chi connectivity index (χ1) is 23.6. The van der Waals surface area contributed by atoms with Gasteiger partial charge in [0.05, 0.1) is 6.61 Å². The summed E-state index contributed by atoms with van der Waals surface area (Å²) in [6.45, 7) is 4.07. The summed E-state index contributed by atoms with van der Waals surface area (Å²) in [6, 6.07) is 0. The minimum atomic E-state index is -0.791. The highest BCUT2D eigenvalue weighted by molar-refractivity contribution is 5.70. The molecule has 0 spiro atoms. The van der Waals surface area contributed by atoms with Gasteiger partial charge in [0, 0.05) is 12.8 Å². The van der Waals surface area contributed by atoms with Gasteiger partial charge in [-0.15, -0.1) is 0 Å². The number of aliphatic hydroxyl groups excluding tert-OH is 1. The predicted octanol–water partition coefficient (Wildman–Crippen LogP) is 12.6.